The Morgan fingerprint density at radius 2 is 0.697 bits per heavy atom. The molecule has 0 radical (unpaired) electrons. The number of hydrogen-bond acceptors (Lipinski definition) is 34. The van der Waals surface area contributed by atoms with Crippen molar-refractivity contribution in [3.8, 4) is 0 Å². The van der Waals surface area contributed by atoms with E-state index >= 15 is 0 Å². The third kappa shape index (κ3) is 26.3. The lowest BCUT2D eigenvalue weighted by Gasteiger charge is -2.40. The van der Waals surface area contributed by atoms with Gasteiger partial charge in [0, 0.05) is 82.7 Å². The van der Waals surface area contributed by atoms with Crippen LogP contribution in [0.25, 0.3) is 0 Å². The minimum atomic E-state index is -1.20. The molecule has 4 aromatic heterocycles. The third-order valence-electron chi connectivity index (χ3n) is 17.3. The molecule has 8 rings (SSSR count). The Morgan fingerprint density at radius 3 is 0.970 bits per heavy atom. The van der Waals surface area contributed by atoms with Crippen molar-refractivity contribution >= 4 is 0 Å². The molecule has 0 bridgehead atoms. The summed E-state index contributed by atoms with van der Waals surface area (Å²) in [6, 6.07) is -0.00658. The highest BCUT2D eigenvalue weighted by Gasteiger charge is 2.41. The van der Waals surface area contributed by atoms with Crippen molar-refractivity contribution in [1.29, 1.82) is 0 Å². The van der Waals surface area contributed by atoms with E-state index in [9.17, 15) is 61.3 Å². The van der Waals surface area contributed by atoms with Crippen molar-refractivity contribution < 1.29 is 118 Å². The van der Waals surface area contributed by atoms with Gasteiger partial charge in [-0.3, -0.25) is 9.80 Å². The standard InChI is InChI=1S/C61H106N14O24/c1-61(2,3)52(71(30-42-34-74(68-64-42)10-14-90-18-22-94-55-26-46(82)59(86)50(38-78)98-55)31-43-35-75(69-65-43)11-15-91-19-23-95-56-27-47(83)60(87)51(39-79)99-56)6-4-5-7-70(28-40-32-72(66-62-40)8-12-88-16-20-92-53-24-44(80)57(84)48(36-76)96-53)29-41-33-73(67-63-41)9-13-89-17-21-93-54-25-45(81)58(85)49(37-77)97-54/h32-35,44-60,76-87H,4-31,36-39H2,1-3H3/t44-,45-,46-,47-,48-,49-,50-,51-,52?,53-,54-,55-,56-,57-,58-,59-,60-/m1/s1. The van der Waals surface area contributed by atoms with E-state index in [2.05, 4.69) is 71.8 Å². The van der Waals surface area contributed by atoms with Crippen LogP contribution in [0, 0.1) is 5.41 Å². The van der Waals surface area contributed by atoms with Gasteiger partial charge in [0.15, 0.2) is 25.2 Å². The van der Waals surface area contributed by atoms with E-state index in [4.69, 9.17) is 56.8 Å². The van der Waals surface area contributed by atoms with Crippen LogP contribution >= 0.6 is 0 Å². The van der Waals surface area contributed by atoms with Gasteiger partial charge in [0.2, 0.25) is 0 Å². The number of hydrogen-bond donors (Lipinski definition) is 12. The van der Waals surface area contributed by atoms with Gasteiger partial charge >= 0.3 is 0 Å². The summed E-state index contributed by atoms with van der Waals surface area (Å²) in [6.07, 6.45) is -5.93. The molecule has 4 fully saturated rings. The smallest absolute Gasteiger partial charge is 0.160 e. The van der Waals surface area contributed by atoms with Gasteiger partial charge in [-0.1, -0.05) is 48.0 Å². The minimum absolute atomic E-state index is 0.00658. The van der Waals surface area contributed by atoms with Crippen LogP contribution in [0.2, 0.25) is 0 Å². The lowest BCUT2D eigenvalue weighted by atomic mass is 9.82. The first-order valence-electron chi connectivity index (χ1n) is 34.1. The zero-order valence-electron chi connectivity index (χ0n) is 56.8. The molecule has 4 aliphatic rings. The Bertz CT molecular complexity index is 2660. The molecular weight excluding hydrogens is 1310 g/mol. The summed E-state index contributed by atoms with van der Waals surface area (Å²) in [5, 5.41) is 155. The van der Waals surface area contributed by atoms with Crippen LogP contribution in [-0.2, 0) is 109 Å². The second kappa shape index (κ2) is 41.7. The lowest BCUT2D eigenvalue weighted by Crippen LogP contribution is -2.50. The Balaban J connectivity index is 0.865. The third-order valence-corrected chi connectivity index (χ3v) is 17.3. The molecule has 0 amide bonds. The van der Waals surface area contributed by atoms with Gasteiger partial charge in [0.05, 0.1) is 179 Å². The zero-order valence-corrected chi connectivity index (χ0v) is 56.8. The van der Waals surface area contributed by atoms with Crippen LogP contribution in [0.4, 0.5) is 0 Å². The van der Waals surface area contributed by atoms with Crippen LogP contribution in [0.1, 0.15) is 88.5 Å². The Labute approximate surface area is 574 Å². The number of ether oxygens (including phenoxy) is 12. The predicted molar refractivity (Wildman–Crippen MR) is 337 cm³/mol. The van der Waals surface area contributed by atoms with Gasteiger partial charge in [-0.2, -0.15) is 0 Å². The average Bonchev–Trinajstić information content (AvgIpc) is 1.84. The summed E-state index contributed by atoms with van der Waals surface area (Å²) < 4.78 is 75.1. The van der Waals surface area contributed by atoms with Crippen molar-refractivity contribution in [3.05, 3.63) is 47.6 Å². The second-order valence-electron chi connectivity index (χ2n) is 26.1. The molecule has 564 valence electrons. The van der Waals surface area contributed by atoms with Crippen LogP contribution in [-0.4, -0.2) is 348 Å². The summed E-state index contributed by atoms with van der Waals surface area (Å²) in [5.74, 6) is 0. The Morgan fingerprint density at radius 1 is 0.414 bits per heavy atom. The molecule has 0 spiro atoms. The van der Waals surface area contributed by atoms with Crippen molar-refractivity contribution in [1.82, 2.24) is 69.8 Å². The largest absolute Gasteiger partial charge is 0.394 e. The SMILES string of the molecule is CC(C)(C)C(CCCCN(Cc1cn(CCOCCO[C@H]2C[C@@H](O)[C@@H](O)[C@@H](CO)O2)nn1)Cc1cn(CCOCCO[C@H]2C[C@@H](O)[C@@H](O)[C@@H](CO)O2)nn1)N(Cc1cn(CCOCCO[C@H]2C[C@@H](O)[C@@H](O)[C@@H](CO)O2)nn1)Cc1cn(CCOCCO[C@H]2C[C@@H](O)[C@@H](O)[C@@H](CO)O2)nn1. The molecule has 4 saturated heterocycles. The van der Waals surface area contributed by atoms with E-state index in [0.717, 1.165) is 42.0 Å². The fourth-order valence-electron chi connectivity index (χ4n) is 12.0. The molecule has 17 atom stereocenters. The van der Waals surface area contributed by atoms with E-state index in [-0.39, 0.29) is 90.0 Å². The number of aliphatic hydroxyl groups is 12. The highest BCUT2D eigenvalue weighted by molar-refractivity contribution is 5.01. The highest BCUT2D eigenvalue weighted by Crippen LogP contribution is 2.32. The average molecular weight is 1420 g/mol. The van der Waals surface area contributed by atoms with Gasteiger partial charge in [0.1, 0.15) is 48.8 Å². The topological polar surface area (TPSA) is 483 Å². The lowest BCUT2D eigenvalue weighted by molar-refractivity contribution is -0.259. The van der Waals surface area contributed by atoms with Crippen molar-refractivity contribution in [2.75, 3.05) is 112 Å². The van der Waals surface area contributed by atoms with Crippen LogP contribution < -0.4 is 0 Å². The fraction of sp³-hybridized carbons (Fsp3) is 0.869. The predicted octanol–water partition coefficient (Wildman–Crippen LogP) is -5.21. The molecule has 38 heteroatoms. The molecule has 4 aromatic rings. The summed E-state index contributed by atoms with van der Waals surface area (Å²) in [6.45, 7) is 11.6. The number of unbranched alkanes of at least 4 members (excludes halogenated alkanes) is 1. The van der Waals surface area contributed by atoms with Crippen molar-refractivity contribution in [2.45, 2.75) is 223 Å². The molecule has 38 nitrogen and oxygen atoms in total. The van der Waals surface area contributed by atoms with E-state index < -0.39 is 125 Å². The van der Waals surface area contributed by atoms with Crippen LogP contribution in [0.5, 0.6) is 0 Å². The molecule has 0 aromatic carbocycles. The van der Waals surface area contributed by atoms with Gasteiger partial charge in [-0.15, -0.1) is 20.4 Å². The number of rotatable bonds is 46. The van der Waals surface area contributed by atoms with Crippen molar-refractivity contribution in [2.24, 2.45) is 5.41 Å². The number of aromatic nitrogens is 12. The number of nitrogens with zero attached hydrogens (tertiary/aromatic N) is 14. The normalized spacial score (nSPS) is 28.2. The second-order valence-corrected chi connectivity index (χ2v) is 26.1. The maximum absolute atomic E-state index is 10.2. The molecule has 1 unspecified atom stereocenters. The van der Waals surface area contributed by atoms with Crippen molar-refractivity contribution in [3.63, 3.8) is 0 Å². The molecule has 8 heterocycles. The fourth-order valence-corrected chi connectivity index (χ4v) is 12.0. The van der Waals surface area contributed by atoms with Gasteiger partial charge in [-0.05, 0) is 24.8 Å². The van der Waals surface area contributed by atoms with E-state index in [1.165, 1.54) is 0 Å². The van der Waals surface area contributed by atoms with Gasteiger partial charge < -0.3 is 118 Å². The van der Waals surface area contributed by atoms with Gasteiger partial charge in [-0.25, -0.2) is 18.7 Å². The Kier molecular flexibility index (Phi) is 33.8. The zero-order chi connectivity index (χ0) is 70.7. The number of aliphatic hydroxyl groups excluding tert-OH is 12. The van der Waals surface area contributed by atoms with Crippen LogP contribution in [0.15, 0.2) is 24.8 Å². The molecule has 0 saturated carbocycles. The Hall–Kier alpha value is -4.48. The first-order valence-corrected chi connectivity index (χ1v) is 34.1. The minimum Gasteiger partial charge on any atom is -0.394 e. The van der Waals surface area contributed by atoms with E-state index in [1.54, 1.807) is 18.7 Å². The highest BCUT2D eigenvalue weighted by atomic mass is 16.7. The quantitative estimate of drug-likeness (QED) is 0.0184. The maximum Gasteiger partial charge on any atom is 0.160 e. The summed E-state index contributed by atoms with van der Waals surface area (Å²) >= 11 is 0. The molecular formula is C61H106N14O24. The summed E-state index contributed by atoms with van der Waals surface area (Å²) in [7, 11) is 0. The van der Waals surface area contributed by atoms with E-state index in [1.807, 2.05) is 24.8 Å². The summed E-state index contributed by atoms with van der Waals surface area (Å²) in [5.41, 5.74) is 2.66. The first kappa shape index (κ1) is 80.2. The van der Waals surface area contributed by atoms with Gasteiger partial charge in [0.25, 0.3) is 0 Å². The molecule has 12 N–H and O–H groups in total. The first-order chi connectivity index (χ1) is 47.8. The molecule has 4 aliphatic heterocycles. The molecule has 0 aliphatic carbocycles. The summed E-state index contributed by atoms with van der Waals surface area (Å²) in [4.78, 5) is 4.60. The maximum atomic E-state index is 10.2. The van der Waals surface area contributed by atoms with E-state index in [0.29, 0.717) is 85.3 Å². The molecule has 99 heavy (non-hydrogen) atoms. The monoisotopic (exact) mass is 1420 g/mol. The van der Waals surface area contributed by atoms with Crippen LogP contribution in [0.3, 0.4) is 0 Å².